The maximum Gasteiger partial charge on any atom is 0.303 e. The number of carbonyl (C=O) groups is 2. The van der Waals surface area contributed by atoms with Crippen LogP contribution in [0.25, 0.3) is 0 Å². The summed E-state index contributed by atoms with van der Waals surface area (Å²) in [5.74, 6) is -0.538. The molecule has 110 valence electrons. The van der Waals surface area contributed by atoms with Gasteiger partial charge in [0, 0.05) is 24.9 Å². The zero-order valence-corrected chi connectivity index (χ0v) is 12.5. The van der Waals surface area contributed by atoms with Gasteiger partial charge in [0.1, 0.15) is 5.03 Å². The number of aliphatic carboxylic acids is 1. The SMILES string of the molecule is N[C@@H](CCC(=O)O)C(=O)NCCSSc1ccccn1. The highest BCUT2D eigenvalue weighted by molar-refractivity contribution is 8.76. The number of rotatable bonds is 9. The van der Waals surface area contributed by atoms with E-state index in [1.807, 2.05) is 18.2 Å². The number of nitrogens with two attached hydrogens (primary N) is 1. The van der Waals surface area contributed by atoms with Gasteiger partial charge in [-0.25, -0.2) is 4.98 Å². The maximum absolute atomic E-state index is 11.5. The second-order valence-corrected chi connectivity index (χ2v) is 6.34. The minimum absolute atomic E-state index is 0.0983. The molecule has 20 heavy (non-hydrogen) atoms. The Morgan fingerprint density at radius 1 is 1.45 bits per heavy atom. The molecule has 4 N–H and O–H groups in total. The first-order valence-electron chi connectivity index (χ1n) is 6.05. The highest BCUT2D eigenvalue weighted by atomic mass is 33.1. The normalized spacial score (nSPS) is 11.8. The molecule has 1 amide bonds. The molecular weight excluding hydrogens is 298 g/mol. The van der Waals surface area contributed by atoms with Crippen molar-refractivity contribution in [2.75, 3.05) is 12.3 Å². The van der Waals surface area contributed by atoms with E-state index in [0.717, 1.165) is 10.8 Å². The van der Waals surface area contributed by atoms with Crippen LogP contribution in [-0.2, 0) is 9.59 Å². The molecule has 1 aromatic rings. The lowest BCUT2D eigenvalue weighted by molar-refractivity contribution is -0.137. The number of carboxylic acid groups (broad SMARTS) is 1. The zero-order valence-electron chi connectivity index (χ0n) is 10.8. The topological polar surface area (TPSA) is 105 Å². The van der Waals surface area contributed by atoms with Gasteiger partial charge >= 0.3 is 5.97 Å². The predicted molar refractivity (Wildman–Crippen MR) is 80.4 cm³/mol. The molecular formula is C12H17N3O3S2. The molecule has 1 atom stereocenters. The quantitative estimate of drug-likeness (QED) is 0.463. The van der Waals surface area contributed by atoms with E-state index in [4.69, 9.17) is 10.8 Å². The van der Waals surface area contributed by atoms with Crippen molar-refractivity contribution >= 4 is 33.5 Å². The first kappa shape index (κ1) is 16.8. The van der Waals surface area contributed by atoms with E-state index in [1.54, 1.807) is 17.0 Å². The third-order valence-electron chi connectivity index (χ3n) is 2.27. The fourth-order valence-electron chi connectivity index (χ4n) is 1.26. The maximum atomic E-state index is 11.5. The van der Waals surface area contributed by atoms with Gasteiger partial charge in [0.15, 0.2) is 0 Å². The first-order valence-corrected chi connectivity index (χ1v) is 8.37. The van der Waals surface area contributed by atoms with E-state index < -0.39 is 12.0 Å². The molecule has 0 unspecified atom stereocenters. The standard InChI is InChI=1S/C12H17N3O3S2/c13-9(4-5-11(16)17)12(18)15-7-8-19-20-10-3-1-2-6-14-10/h1-3,6,9H,4-5,7-8,13H2,(H,15,18)(H,16,17)/t9-/m0/s1. The van der Waals surface area contributed by atoms with Gasteiger partial charge in [-0.05, 0) is 29.3 Å². The van der Waals surface area contributed by atoms with E-state index in [9.17, 15) is 9.59 Å². The minimum Gasteiger partial charge on any atom is -0.481 e. The third kappa shape index (κ3) is 7.37. The monoisotopic (exact) mass is 315 g/mol. The molecule has 0 saturated carbocycles. The molecule has 1 aromatic heterocycles. The predicted octanol–water partition coefficient (Wildman–Crippen LogP) is 1.13. The third-order valence-corrected chi connectivity index (χ3v) is 4.54. The van der Waals surface area contributed by atoms with Crippen LogP contribution in [-0.4, -0.2) is 40.3 Å². The van der Waals surface area contributed by atoms with Crippen LogP contribution >= 0.6 is 21.6 Å². The lowest BCUT2D eigenvalue weighted by atomic mass is 10.1. The summed E-state index contributed by atoms with van der Waals surface area (Å²) in [5, 5.41) is 12.1. The molecule has 0 aliphatic rings. The van der Waals surface area contributed by atoms with Crippen molar-refractivity contribution in [3.63, 3.8) is 0 Å². The van der Waals surface area contributed by atoms with Crippen LogP contribution in [0, 0.1) is 0 Å². The van der Waals surface area contributed by atoms with E-state index in [-0.39, 0.29) is 18.7 Å². The summed E-state index contributed by atoms with van der Waals surface area (Å²) < 4.78 is 0. The molecule has 0 aliphatic heterocycles. The number of nitrogens with one attached hydrogen (secondary N) is 1. The van der Waals surface area contributed by atoms with Crippen molar-refractivity contribution in [2.45, 2.75) is 23.9 Å². The Labute approximate surface area is 125 Å². The fraction of sp³-hybridized carbons (Fsp3) is 0.417. The van der Waals surface area contributed by atoms with Gasteiger partial charge in [0.25, 0.3) is 0 Å². The summed E-state index contributed by atoms with van der Waals surface area (Å²) in [5.41, 5.74) is 5.57. The van der Waals surface area contributed by atoms with Crippen LogP contribution in [0.15, 0.2) is 29.4 Å². The highest BCUT2D eigenvalue weighted by Gasteiger charge is 2.13. The summed E-state index contributed by atoms with van der Waals surface area (Å²) in [7, 11) is 3.12. The van der Waals surface area contributed by atoms with Crippen LogP contribution in [0.2, 0.25) is 0 Å². The smallest absolute Gasteiger partial charge is 0.303 e. The van der Waals surface area contributed by atoms with Crippen molar-refractivity contribution < 1.29 is 14.7 Å². The second kappa shape index (κ2) is 9.62. The Balaban J connectivity index is 2.08. The van der Waals surface area contributed by atoms with Crippen LogP contribution in [0.3, 0.4) is 0 Å². The van der Waals surface area contributed by atoms with Gasteiger partial charge in [-0.3, -0.25) is 9.59 Å². The summed E-state index contributed by atoms with van der Waals surface area (Å²) in [4.78, 5) is 26.1. The van der Waals surface area contributed by atoms with Gasteiger partial charge in [-0.2, -0.15) is 0 Å². The summed E-state index contributed by atoms with van der Waals surface area (Å²) in [6.45, 7) is 0.490. The first-order chi connectivity index (χ1) is 9.59. The van der Waals surface area contributed by atoms with Crippen LogP contribution in [0.1, 0.15) is 12.8 Å². The molecule has 8 heteroatoms. The number of amides is 1. The number of carbonyl (C=O) groups excluding carboxylic acids is 1. The van der Waals surface area contributed by atoms with E-state index in [0.29, 0.717) is 6.54 Å². The number of carboxylic acids is 1. The van der Waals surface area contributed by atoms with Crippen molar-refractivity contribution in [1.29, 1.82) is 0 Å². The lowest BCUT2D eigenvalue weighted by Gasteiger charge is -2.10. The average molecular weight is 315 g/mol. The van der Waals surface area contributed by atoms with E-state index in [2.05, 4.69) is 10.3 Å². The van der Waals surface area contributed by atoms with Gasteiger partial charge in [0.2, 0.25) is 5.91 Å². The van der Waals surface area contributed by atoms with Gasteiger partial charge in [0.05, 0.1) is 6.04 Å². The van der Waals surface area contributed by atoms with Gasteiger partial charge in [-0.1, -0.05) is 16.9 Å². The molecule has 1 rings (SSSR count). The number of hydrogen-bond donors (Lipinski definition) is 3. The zero-order chi connectivity index (χ0) is 14.8. The molecule has 0 fully saturated rings. The Bertz CT molecular complexity index is 431. The minimum atomic E-state index is -0.949. The van der Waals surface area contributed by atoms with Crippen LogP contribution in [0.4, 0.5) is 0 Å². The number of hydrogen-bond acceptors (Lipinski definition) is 6. The number of nitrogens with zero attached hydrogens (tertiary/aromatic N) is 1. The summed E-state index contributed by atoms with van der Waals surface area (Å²) in [6.07, 6.45) is 1.78. The molecule has 6 nitrogen and oxygen atoms in total. The number of pyridine rings is 1. The van der Waals surface area contributed by atoms with Gasteiger partial charge < -0.3 is 16.2 Å². The van der Waals surface area contributed by atoms with Crippen LogP contribution in [0.5, 0.6) is 0 Å². The molecule has 0 spiro atoms. The lowest BCUT2D eigenvalue weighted by Crippen LogP contribution is -2.41. The second-order valence-electron chi connectivity index (χ2n) is 3.90. The highest BCUT2D eigenvalue weighted by Crippen LogP contribution is 2.28. The number of aromatic nitrogens is 1. The van der Waals surface area contributed by atoms with E-state index in [1.165, 1.54) is 10.8 Å². The molecule has 0 aliphatic carbocycles. The van der Waals surface area contributed by atoms with Crippen molar-refractivity contribution in [1.82, 2.24) is 10.3 Å². The Kier molecular flexibility index (Phi) is 8.08. The Hall–Kier alpha value is -1.25. The Morgan fingerprint density at radius 3 is 2.90 bits per heavy atom. The average Bonchev–Trinajstić information content (AvgIpc) is 2.45. The molecule has 0 aromatic carbocycles. The van der Waals surface area contributed by atoms with Crippen molar-refractivity contribution in [3.05, 3.63) is 24.4 Å². The summed E-state index contributed by atoms with van der Waals surface area (Å²) >= 11 is 0. The van der Waals surface area contributed by atoms with Crippen LogP contribution < -0.4 is 11.1 Å². The molecule has 0 bridgehead atoms. The van der Waals surface area contributed by atoms with E-state index >= 15 is 0 Å². The Morgan fingerprint density at radius 2 is 2.25 bits per heavy atom. The van der Waals surface area contributed by atoms with Crippen molar-refractivity contribution in [2.24, 2.45) is 5.73 Å². The summed E-state index contributed by atoms with van der Waals surface area (Å²) in [6, 6.07) is 4.92. The van der Waals surface area contributed by atoms with Gasteiger partial charge in [-0.15, -0.1) is 0 Å². The largest absolute Gasteiger partial charge is 0.481 e. The molecule has 1 heterocycles. The molecule has 0 saturated heterocycles. The van der Waals surface area contributed by atoms with Crippen molar-refractivity contribution in [3.8, 4) is 0 Å². The fourth-order valence-corrected chi connectivity index (χ4v) is 3.04. The molecule has 0 radical (unpaired) electrons.